The number of nitroso groups, excluding NO2 is 1. The van der Waals surface area contributed by atoms with Crippen LogP contribution in [0.5, 0.6) is 0 Å². The molecule has 1 aromatic rings. The zero-order chi connectivity index (χ0) is 8.55. The Balaban J connectivity index is 2.57. The van der Waals surface area contributed by atoms with Gasteiger partial charge < -0.3 is 5.32 Å². The summed E-state index contributed by atoms with van der Waals surface area (Å²) in [7, 11) is 0. The number of nitrogens with zero attached hydrogens (tertiary/aromatic N) is 1. The van der Waals surface area contributed by atoms with Gasteiger partial charge in [0.25, 0.3) is 5.91 Å². The Kier molecular flexibility index (Phi) is 1.40. The van der Waals surface area contributed by atoms with Crippen LogP contribution in [0.2, 0.25) is 0 Å². The van der Waals surface area contributed by atoms with Crippen molar-refractivity contribution in [1.29, 1.82) is 0 Å². The number of hydrogen-bond acceptors (Lipinski definition) is 3. The predicted octanol–water partition coefficient (Wildman–Crippen LogP) is 1.20. The summed E-state index contributed by atoms with van der Waals surface area (Å²) in [6, 6.07) is 6.93. The summed E-state index contributed by atoms with van der Waals surface area (Å²) in [5, 5.41) is 5.25. The van der Waals surface area contributed by atoms with Crippen LogP contribution in [0.4, 0.5) is 0 Å². The molecule has 1 N–H and O–H groups in total. The van der Waals surface area contributed by atoms with E-state index in [2.05, 4.69) is 10.5 Å². The quantitative estimate of drug-likeness (QED) is 0.630. The SMILES string of the molecule is O=N[C@H]1NC(=O)c2ccccc21. The third-order valence-corrected chi connectivity index (χ3v) is 1.87. The molecule has 0 fully saturated rings. The van der Waals surface area contributed by atoms with Gasteiger partial charge in [-0.2, -0.15) is 0 Å². The van der Waals surface area contributed by atoms with Gasteiger partial charge in [-0.1, -0.05) is 18.2 Å². The number of hydrogen-bond donors (Lipinski definition) is 1. The first-order valence-electron chi connectivity index (χ1n) is 3.55. The van der Waals surface area contributed by atoms with E-state index >= 15 is 0 Å². The fourth-order valence-corrected chi connectivity index (χ4v) is 1.31. The van der Waals surface area contributed by atoms with Crippen molar-refractivity contribution in [2.75, 3.05) is 0 Å². The van der Waals surface area contributed by atoms with Crippen molar-refractivity contribution in [2.24, 2.45) is 5.18 Å². The molecule has 1 heterocycles. The third kappa shape index (κ3) is 0.812. The van der Waals surface area contributed by atoms with E-state index in [0.717, 1.165) is 0 Å². The zero-order valence-electron chi connectivity index (χ0n) is 6.15. The maximum atomic E-state index is 11.1. The second-order valence-corrected chi connectivity index (χ2v) is 2.57. The Morgan fingerprint density at radius 1 is 1.33 bits per heavy atom. The van der Waals surface area contributed by atoms with E-state index in [-0.39, 0.29) is 5.91 Å². The van der Waals surface area contributed by atoms with E-state index in [4.69, 9.17) is 0 Å². The van der Waals surface area contributed by atoms with Gasteiger partial charge in [0.1, 0.15) is 0 Å². The molecule has 1 aliphatic rings. The molecule has 0 aromatic heterocycles. The van der Waals surface area contributed by atoms with Gasteiger partial charge in [-0.25, -0.2) is 0 Å². The molecular formula is C8H6N2O2. The molecular weight excluding hydrogens is 156 g/mol. The van der Waals surface area contributed by atoms with Crippen molar-refractivity contribution < 1.29 is 4.79 Å². The lowest BCUT2D eigenvalue weighted by atomic mass is 10.1. The number of fused-ring (bicyclic) bond motifs is 1. The number of nitrogens with one attached hydrogen (secondary N) is 1. The molecule has 4 heteroatoms. The summed E-state index contributed by atoms with van der Waals surface area (Å²) in [6.45, 7) is 0. The first kappa shape index (κ1) is 6.97. The highest BCUT2D eigenvalue weighted by atomic mass is 16.3. The van der Waals surface area contributed by atoms with Crippen LogP contribution in [0, 0.1) is 4.91 Å². The second-order valence-electron chi connectivity index (χ2n) is 2.57. The largest absolute Gasteiger partial charge is 0.324 e. The fraction of sp³-hybridized carbons (Fsp3) is 0.125. The Hall–Kier alpha value is -1.71. The minimum absolute atomic E-state index is 0.227. The predicted molar refractivity (Wildman–Crippen MR) is 42.4 cm³/mol. The van der Waals surface area contributed by atoms with Crippen LogP contribution in [-0.4, -0.2) is 5.91 Å². The lowest BCUT2D eigenvalue weighted by molar-refractivity contribution is 0.0957. The molecule has 1 amide bonds. The Labute approximate surface area is 68.6 Å². The molecule has 1 atom stereocenters. The standard InChI is InChI=1S/C8H6N2O2/c11-8-6-4-2-1-3-5(6)7(9-8)10-12/h1-4,7H,(H,9,11)/t7-/m1/s1. The minimum Gasteiger partial charge on any atom is -0.324 e. The van der Waals surface area contributed by atoms with Crippen LogP contribution in [0.25, 0.3) is 0 Å². The Morgan fingerprint density at radius 3 is 2.83 bits per heavy atom. The van der Waals surface area contributed by atoms with Gasteiger partial charge in [-0.15, -0.1) is 4.91 Å². The molecule has 2 rings (SSSR count). The first-order valence-corrected chi connectivity index (χ1v) is 3.55. The van der Waals surface area contributed by atoms with Crippen molar-refractivity contribution >= 4 is 5.91 Å². The fourth-order valence-electron chi connectivity index (χ4n) is 1.31. The molecule has 0 saturated carbocycles. The van der Waals surface area contributed by atoms with E-state index in [1.165, 1.54) is 0 Å². The summed E-state index contributed by atoms with van der Waals surface area (Å²) >= 11 is 0. The molecule has 4 nitrogen and oxygen atoms in total. The van der Waals surface area contributed by atoms with Crippen molar-refractivity contribution in [1.82, 2.24) is 5.32 Å². The summed E-state index contributed by atoms with van der Waals surface area (Å²) in [5.74, 6) is -0.227. The monoisotopic (exact) mass is 162 g/mol. The highest BCUT2D eigenvalue weighted by Gasteiger charge is 2.28. The Morgan fingerprint density at radius 2 is 2.08 bits per heavy atom. The topological polar surface area (TPSA) is 58.5 Å². The molecule has 0 bridgehead atoms. The summed E-state index contributed by atoms with van der Waals surface area (Å²) < 4.78 is 0. The molecule has 0 aliphatic carbocycles. The van der Waals surface area contributed by atoms with Gasteiger partial charge in [0.15, 0.2) is 6.17 Å². The zero-order valence-corrected chi connectivity index (χ0v) is 6.15. The molecule has 0 spiro atoms. The van der Waals surface area contributed by atoms with Gasteiger partial charge in [0.2, 0.25) is 0 Å². The average Bonchev–Trinajstić information content (AvgIpc) is 2.44. The molecule has 0 saturated heterocycles. The molecule has 12 heavy (non-hydrogen) atoms. The molecule has 0 unspecified atom stereocenters. The van der Waals surface area contributed by atoms with Crippen LogP contribution < -0.4 is 5.32 Å². The smallest absolute Gasteiger partial charge is 0.253 e. The van der Waals surface area contributed by atoms with Crippen molar-refractivity contribution in [3.63, 3.8) is 0 Å². The lowest BCUT2D eigenvalue weighted by Gasteiger charge is -1.98. The molecule has 1 aliphatic heterocycles. The van der Waals surface area contributed by atoms with E-state index in [1.807, 2.05) is 0 Å². The molecule has 1 aromatic carbocycles. The number of carbonyl (C=O) groups excluding carboxylic acids is 1. The highest BCUT2D eigenvalue weighted by Crippen LogP contribution is 2.24. The van der Waals surface area contributed by atoms with Gasteiger partial charge in [-0.3, -0.25) is 4.79 Å². The normalized spacial score (nSPS) is 20.0. The van der Waals surface area contributed by atoms with E-state index in [1.54, 1.807) is 24.3 Å². The van der Waals surface area contributed by atoms with Crippen LogP contribution in [0.1, 0.15) is 22.1 Å². The number of amides is 1. The average molecular weight is 162 g/mol. The summed E-state index contributed by atoms with van der Waals surface area (Å²) in [4.78, 5) is 21.4. The maximum absolute atomic E-state index is 11.1. The number of carbonyl (C=O) groups is 1. The van der Waals surface area contributed by atoms with Crippen LogP contribution in [0.3, 0.4) is 0 Å². The van der Waals surface area contributed by atoms with Crippen molar-refractivity contribution in [2.45, 2.75) is 6.17 Å². The first-order chi connectivity index (χ1) is 5.83. The molecule has 0 radical (unpaired) electrons. The second kappa shape index (κ2) is 2.41. The minimum atomic E-state index is -0.700. The Bertz CT molecular complexity index is 349. The van der Waals surface area contributed by atoms with Gasteiger partial charge in [-0.05, 0) is 11.2 Å². The van der Waals surface area contributed by atoms with Gasteiger partial charge in [0, 0.05) is 11.1 Å². The summed E-state index contributed by atoms with van der Waals surface area (Å²) in [6.07, 6.45) is -0.700. The van der Waals surface area contributed by atoms with Crippen molar-refractivity contribution in [3.8, 4) is 0 Å². The summed E-state index contributed by atoms with van der Waals surface area (Å²) in [5.41, 5.74) is 1.21. The van der Waals surface area contributed by atoms with Crippen LogP contribution in [0.15, 0.2) is 29.4 Å². The van der Waals surface area contributed by atoms with Crippen molar-refractivity contribution in [3.05, 3.63) is 40.3 Å². The molecule has 60 valence electrons. The van der Waals surface area contributed by atoms with E-state index in [9.17, 15) is 9.70 Å². The van der Waals surface area contributed by atoms with E-state index in [0.29, 0.717) is 11.1 Å². The van der Waals surface area contributed by atoms with Crippen LogP contribution >= 0.6 is 0 Å². The number of rotatable bonds is 1. The van der Waals surface area contributed by atoms with E-state index < -0.39 is 6.17 Å². The maximum Gasteiger partial charge on any atom is 0.253 e. The van der Waals surface area contributed by atoms with Gasteiger partial charge >= 0.3 is 0 Å². The number of benzene rings is 1. The highest BCUT2D eigenvalue weighted by molar-refractivity contribution is 5.99. The van der Waals surface area contributed by atoms with Gasteiger partial charge in [0.05, 0.1) is 0 Å². The lowest BCUT2D eigenvalue weighted by Crippen LogP contribution is -2.16. The van der Waals surface area contributed by atoms with Crippen LogP contribution in [-0.2, 0) is 0 Å². The third-order valence-electron chi connectivity index (χ3n) is 1.87.